The average molecular weight is 429 g/mol. The van der Waals surface area contributed by atoms with Gasteiger partial charge in [-0.15, -0.1) is 0 Å². The maximum atomic E-state index is 11.5. The minimum absolute atomic E-state index is 0.433. The van der Waals surface area contributed by atoms with Crippen molar-refractivity contribution >= 4 is 27.2 Å². The normalized spacial score (nSPS) is 11.2. The van der Waals surface area contributed by atoms with Gasteiger partial charge in [0.15, 0.2) is 0 Å². The summed E-state index contributed by atoms with van der Waals surface area (Å²) in [6.45, 7) is 2.73. The van der Waals surface area contributed by atoms with Crippen molar-refractivity contribution in [1.29, 1.82) is 0 Å². The molecular weight excluding hydrogens is 404 g/mol. The van der Waals surface area contributed by atoms with Gasteiger partial charge in [0.2, 0.25) is 10.0 Å². The van der Waals surface area contributed by atoms with Gasteiger partial charge in [0.1, 0.15) is 24.0 Å². The second-order valence-electron chi connectivity index (χ2n) is 6.60. The predicted octanol–water partition coefficient (Wildman–Crippen LogP) is 3.59. The zero-order valence-electron chi connectivity index (χ0n) is 17.0. The summed E-state index contributed by atoms with van der Waals surface area (Å²) in [6.07, 6.45) is 1.11. The van der Waals surface area contributed by atoms with E-state index in [0.717, 1.165) is 11.8 Å². The van der Waals surface area contributed by atoms with Crippen LogP contribution in [-0.2, 0) is 14.8 Å². The average Bonchev–Trinajstić information content (AvgIpc) is 2.67. The number of hydrogen-bond donors (Lipinski definition) is 2. The lowest BCUT2D eigenvalue weighted by atomic mass is 10.1. The molecule has 158 valence electrons. The van der Waals surface area contributed by atoms with Crippen molar-refractivity contribution in [3.05, 3.63) is 60.4 Å². The fourth-order valence-electron chi connectivity index (χ4n) is 2.83. The van der Waals surface area contributed by atoms with E-state index in [9.17, 15) is 8.42 Å². The zero-order chi connectivity index (χ0) is 21.6. The molecule has 0 radical (unpaired) electrons. The van der Waals surface area contributed by atoms with E-state index in [2.05, 4.69) is 20.0 Å². The maximum Gasteiger partial charge on any atom is 0.229 e. The van der Waals surface area contributed by atoms with Gasteiger partial charge in [-0.25, -0.2) is 18.4 Å². The number of benzene rings is 2. The molecule has 0 unspecified atom stereocenters. The van der Waals surface area contributed by atoms with Gasteiger partial charge >= 0.3 is 0 Å². The Hall–Kier alpha value is -3.17. The van der Waals surface area contributed by atoms with E-state index in [1.165, 1.54) is 0 Å². The first-order valence-corrected chi connectivity index (χ1v) is 11.1. The molecule has 3 aromatic rings. The fraction of sp³-hybridized carbons (Fsp3) is 0.238. The molecule has 0 aliphatic heterocycles. The third-order valence-electron chi connectivity index (χ3n) is 3.98. The Labute approximate surface area is 176 Å². The molecular formula is C21H24N4O4S. The number of para-hydroxylation sites is 1. The van der Waals surface area contributed by atoms with E-state index in [1.54, 1.807) is 25.3 Å². The van der Waals surface area contributed by atoms with Crippen LogP contribution in [0.15, 0.2) is 54.6 Å². The number of aromatic nitrogens is 2. The van der Waals surface area contributed by atoms with Crippen LogP contribution in [0.25, 0.3) is 11.3 Å². The molecule has 30 heavy (non-hydrogen) atoms. The number of nitrogens with one attached hydrogen (secondary N) is 2. The SMILES string of the molecule is COCCOc1ccccc1-c1cc(Nc2cccc(NS(C)(=O)=O)c2)nc(C)n1. The van der Waals surface area contributed by atoms with E-state index >= 15 is 0 Å². The van der Waals surface area contributed by atoms with Gasteiger partial charge in [-0.2, -0.15) is 0 Å². The molecule has 0 bridgehead atoms. The van der Waals surface area contributed by atoms with Crippen LogP contribution in [0.4, 0.5) is 17.2 Å². The number of ether oxygens (including phenoxy) is 2. The Kier molecular flexibility index (Phi) is 6.86. The minimum atomic E-state index is -3.36. The summed E-state index contributed by atoms with van der Waals surface area (Å²) in [7, 11) is -1.73. The van der Waals surface area contributed by atoms with Crippen molar-refractivity contribution in [2.45, 2.75) is 6.92 Å². The Bertz CT molecular complexity index is 1120. The van der Waals surface area contributed by atoms with Crippen molar-refractivity contribution in [2.75, 3.05) is 36.6 Å². The molecule has 0 spiro atoms. The lowest BCUT2D eigenvalue weighted by molar-refractivity contribution is 0.146. The first kappa shape index (κ1) is 21.5. The highest BCUT2D eigenvalue weighted by molar-refractivity contribution is 7.92. The van der Waals surface area contributed by atoms with Crippen LogP contribution >= 0.6 is 0 Å². The third kappa shape index (κ3) is 6.16. The molecule has 9 heteroatoms. The number of methoxy groups -OCH3 is 1. The van der Waals surface area contributed by atoms with Gasteiger partial charge < -0.3 is 14.8 Å². The number of rotatable bonds is 9. The highest BCUT2D eigenvalue weighted by atomic mass is 32.2. The summed E-state index contributed by atoms with van der Waals surface area (Å²) in [5, 5.41) is 3.21. The lowest BCUT2D eigenvalue weighted by Gasteiger charge is -2.13. The second kappa shape index (κ2) is 9.55. The first-order chi connectivity index (χ1) is 14.3. The van der Waals surface area contributed by atoms with Crippen LogP contribution in [0, 0.1) is 6.92 Å². The lowest BCUT2D eigenvalue weighted by Crippen LogP contribution is -2.09. The Morgan fingerprint density at radius 2 is 1.73 bits per heavy atom. The molecule has 1 aromatic heterocycles. The summed E-state index contributed by atoms with van der Waals surface area (Å²) in [4.78, 5) is 8.99. The summed E-state index contributed by atoms with van der Waals surface area (Å²) in [5.74, 6) is 1.88. The smallest absolute Gasteiger partial charge is 0.229 e. The van der Waals surface area contributed by atoms with Crippen LogP contribution in [0.2, 0.25) is 0 Å². The van der Waals surface area contributed by atoms with Gasteiger partial charge in [-0.05, 0) is 37.3 Å². The molecule has 0 saturated carbocycles. The standard InChI is InChI=1S/C21H24N4O4S/c1-15-22-19(18-9-4-5-10-20(18)29-12-11-28-2)14-21(23-15)24-16-7-6-8-17(13-16)25-30(3,26)27/h4-10,13-14,25H,11-12H2,1-3H3,(H,22,23,24). The summed E-state index contributed by atoms with van der Waals surface area (Å²) in [5.41, 5.74) is 2.71. The van der Waals surface area contributed by atoms with Crippen molar-refractivity contribution in [2.24, 2.45) is 0 Å². The second-order valence-corrected chi connectivity index (χ2v) is 8.35. The van der Waals surface area contributed by atoms with Crippen LogP contribution in [0.5, 0.6) is 5.75 Å². The molecule has 0 amide bonds. The van der Waals surface area contributed by atoms with Crippen molar-refractivity contribution in [1.82, 2.24) is 9.97 Å². The largest absolute Gasteiger partial charge is 0.490 e. The predicted molar refractivity (Wildman–Crippen MR) is 118 cm³/mol. The van der Waals surface area contributed by atoms with Crippen LogP contribution in [-0.4, -0.2) is 45.0 Å². The fourth-order valence-corrected chi connectivity index (χ4v) is 3.39. The third-order valence-corrected chi connectivity index (χ3v) is 4.59. The minimum Gasteiger partial charge on any atom is -0.490 e. The summed E-state index contributed by atoms with van der Waals surface area (Å²) >= 11 is 0. The van der Waals surface area contributed by atoms with Gasteiger partial charge in [0.05, 0.1) is 24.2 Å². The van der Waals surface area contributed by atoms with Crippen molar-refractivity contribution in [3.8, 4) is 17.0 Å². The number of aryl methyl sites for hydroxylation is 1. The van der Waals surface area contributed by atoms with Crippen LogP contribution in [0.3, 0.4) is 0 Å². The topological polar surface area (TPSA) is 102 Å². The van der Waals surface area contributed by atoms with Gasteiger partial charge in [-0.3, -0.25) is 4.72 Å². The van der Waals surface area contributed by atoms with E-state index in [0.29, 0.717) is 47.7 Å². The molecule has 0 aliphatic carbocycles. The Morgan fingerprint density at radius 3 is 2.50 bits per heavy atom. The molecule has 2 aromatic carbocycles. The van der Waals surface area contributed by atoms with Crippen molar-refractivity contribution < 1.29 is 17.9 Å². The molecule has 3 rings (SSSR count). The monoisotopic (exact) mass is 428 g/mol. The first-order valence-electron chi connectivity index (χ1n) is 9.26. The van der Waals surface area contributed by atoms with Gasteiger partial charge in [-0.1, -0.05) is 18.2 Å². The molecule has 2 N–H and O–H groups in total. The molecule has 0 atom stereocenters. The highest BCUT2D eigenvalue weighted by Crippen LogP contribution is 2.30. The number of hydrogen-bond acceptors (Lipinski definition) is 7. The molecule has 0 aliphatic rings. The number of nitrogens with zero attached hydrogens (tertiary/aromatic N) is 2. The highest BCUT2D eigenvalue weighted by Gasteiger charge is 2.11. The van der Waals surface area contributed by atoms with E-state index in [1.807, 2.05) is 43.3 Å². The quantitative estimate of drug-likeness (QED) is 0.502. The van der Waals surface area contributed by atoms with Crippen LogP contribution in [0.1, 0.15) is 5.82 Å². The molecule has 1 heterocycles. The van der Waals surface area contributed by atoms with E-state index in [-0.39, 0.29) is 0 Å². The van der Waals surface area contributed by atoms with Gasteiger partial charge in [0, 0.05) is 24.4 Å². The van der Waals surface area contributed by atoms with Crippen LogP contribution < -0.4 is 14.8 Å². The Morgan fingerprint density at radius 1 is 0.967 bits per heavy atom. The zero-order valence-corrected chi connectivity index (χ0v) is 17.9. The number of sulfonamides is 1. The summed E-state index contributed by atoms with van der Waals surface area (Å²) in [6, 6.07) is 16.4. The van der Waals surface area contributed by atoms with E-state index in [4.69, 9.17) is 9.47 Å². The van der Waals surface area contributed by atoms with Crippen molar-refractivity contribution in [3.63, 3.8) is 0 Å². The summed E-state index contributed by atoms with van der Waals surface area (Å²) < 4.78 is 36.3. The maximum absolute atomic E-state index is 11.5. The molecule has 0 fully saturated rings. The Balaban J connectivity index is 1.88. The molecule has 8 nitrogen and oxygen atoms in total. The van der Waals surface area contributed by atoms with Gasteiger partial charge in [0.25, 0.3) is 0 Å². The van der Waals surface area contributed by atoms with E-state index < -0.39 is 10.0 Å². The molecule has 0 saturated heterocycles. The number of anilines is 3.